The lowest BCUT2D eigenvalue weighted by molar-refractivity contribution is 0.0609. The molecule has 0 aromatic rings. The number of piperazine rings is 2. The quantitative estimate of drug-likeness (QED) is 0.715. The van der Waals surface area contributed by atoms with Gasteiger partial charge in [0.1, 0.15) is 0 Å². The van der Waals surface area contributed by atoms with E-state index in [4.69, 9.17) is 4.74 Å². The van der Waals surface area contributed by atoms with Gasteiger partial charge in [-0.1, -0.05) is 0 Å². The molecule has 0 spiro atoms. The van der Waals surface area contributed by atoms with E-state index < -0.39 is 10.2 Å². The Balaban J connectivity index is 1.50. The summed E-state index contributed by atoms with van der Waals surface area (Å²) < 4.78 is 34.1. The first kappa shape index (κ1) is 15.6. The van der Waals surface area contributed by atoms with Crippen molar-refractivity contribution in [2.24, 2.45) is 0 Å². The van der Waals surface area contributed by atoms with Gasteiger partial charge in [-0.3, -0.25) is 4.90 Å². The van der Waals surface area contributed by atoms with Crippen LogP contribution in [0.5, 0.6) is 0 Å². The number of hydrogen-bond donors (Lipinski definition) is 1. The minimum atomic E-state index is -3.27. The zero-order chi connectivity index (χ0) is 14.7. The molecule has 3 aliphatic rings. The first-order chi connectivity index (χ1) is 10.2. The standard InChI is InChI=1S/C13H26N4O3S/c18-21(19,16-5-3-14-4-6-16)17-9-7-15(8-10-17)12-13-2-1-11-20-13/h13-14H,1-12H2. The molecule has 3 aliphatic heterocycles. The fourth-order valence-corrected chi connectivity index (χ4v) is 4.85. The van der Waals surface area contributed by atoms with Crippen LogP contribution in [0.4, 0.5) is 0 Å². The molecule has 0 bridgehead atoms. The highest BCUT2D eigenvalue weighted by Crippen LogP contribution is 2.16. The van der Waals surface area contributed by atoms with E-state index in [0.717, 1.165) is 52.2 Å². The monoisotopic (exact) mass is 318 g/mol. The van der Waals surface area contributed by atoms with Crippen molar-refractivity contribution < 1.29 is 13.2 Å². The van der Waals surface area contributed by atoms with Gasteiger partial charge in [-0.2, -0.15) is 17.0 Å². The molecule has 8 heteroatoms. The fraction of sp³-hybridized carbons (Fsp3) is 1.00. The zero-order valence-corrected chi connectivity index (χ0v) is 13.4. The van der Waals surface area contributed by atoms with Gasteiger partial charge in [0.25, 0.3) is 10.2 Å². The third-order valence-electron chi connectivity index (χ3n) is 4.55. The molecular formula is C13H26N4O3S. The van der Waals surface area contributed by atoms with Crippen molar-refractivity contribution in [1.82, 2.24) is 18.8 Å². The van der Waals surface area contributed by atoms with Crippen LogP contribution < -0.4 is 5.32 Å². The van der Waals surface area contributed by atoms with Crippen molar-refractivity contribution in [1.29, 1.82) is 0 Å². The molecule has 1 N–H and O–H groups in total. The summed E-state index contributed by atoms with van der Waals surface area (Å²) in [6.45, 7) is 7.30. The lowest BCUT2D eigenvalue weighted by atomic mass is 10.2. The first-order valence-corrected chi connectivity index (χ1v) is 9.36. The van der Waals surface area contributed by atoms with Gasteiger partial charge >= 0.3 is 0 Å². The summed E-state index contributed by atoms with van der Waals surface area (Å²) in [6, 6.07) is 0. The van der Waals surface area contributed by atoms with Crippen LogP contribution in [0.2, 0.25) is 0 Å². The summed E-state index contributed by atoms with van der Waals surface area (Å²) in [6.07, 6.45) is 2.64. The van der Waals surface area contributed by atoms with Gasteiger partial charge < -0.3 is 10.1 Å². The maximum absolute atomic E-state index is 12.6. The Kier molecular flexibility index (Phi) is 5.13. The molecule has 0 aliphatic carbocycles. The summed E-state index contributed by atoms with van der Waals surface area (Å²) in [5.74, 6) is 0. The Morgan fingerprint density at radius 2 is 1.67 bits per heavy atom. The van der Waals surface area contributed by atoms with Gasteiger partial charge in [0.05, 0.1) is 6.10 Å². The van der Waals surface area contributed by atoms with Gasteiger partial charge in [-0.05, 0) is 12.8 Å². The number of ether oxygens (including phenoxy) is 1. The largest absolute Gasteiger partial charge is 0.377 e. The van der Waals surface area contributed by atoms with Crippen LogP contribution in [-0.2, 0) is 14.9 Å². The van der Waals surface area contributed by atoms with Crippen LogP contribution >= 0.6 is 0 Å². The minimum Gasteiger partial charge on any atom is -0.377 e. The van der Waals surface area contributed by atoms with E-state index in [1.54, 1.807) is 8.61 Å². The van der Waals surface area contributed by atoms with Crippen LogP contribution in [0.3, 0.4) is 0 Å². The lowest BCUT2D eigenvalue weighted by Crippen LogP contribution is -2.56. The van der Waals surface area contributed by atoms with Crippen LogP contribution in [0.25, 0.3) is 0 Å². The average molecular weight is 318 g/mol. The normalized spacial score (nSPS) is 30.8. The summed E-state index contributed by atoms with van der Waals surface area (Å²) >= 11 is 0. The van der Waals surface area contributed by atoms with E-state index in [-0.39, 0.29) is 0 Å². The predicted octanol–water partition coefficient (Wildman–Crippen LogP) is -1.07. The average Bonchev–Trinajstić information content (AvgIpc) is 3.02. The molecule has 21 heavy (non-hydrogen) atoms. The highest BCUT2D eigenvalue weighted by molar-refractivity contribution is 7.86. The van der Waals surface area contributed by atoms with Gasteiger partial charge in [-0.25, -0.2) is 0 Å². The van der Waals surface area contributed by atoms with E-state index in [1.165, 1.54) is 0 Å². The Morgan fingerprint density at radius 1 is 1.00 bits per heavy atom. The highest BCUT2D eigenvalue weighted by atomic mass is 32.2. The maximum atomic E-state index is 12.6. The molecule has 1 unspecified atom stereocenters. The Morgan fingerprint density at radius 3 is 2.29 bits per heavy atom. The van der Waals surface area contributed by atoms with Gasteiger partial charge in [0, 0.05) is 65.5 Å². The Bertz CT molecular complexity index is 425. The fourth-order valence-electron chi connectivity index (χ4n) is 3.26. The van der Waals surface area contributed by atoms with E-state index in [2.05, 4.69) is 10.2 Å². The molecule has 0 amide bonds. The Labute approximate surface area is 127 Å². The molecule has 0 aromatic carbocycles. The molecule has 3 saturated heterocycles. The molecule has 3 heterocycles. The van der Waals surface area contributed by atoms with E-state index >= 15 is 0 Å². The van der Waals surface area contributed by atoms with Gasteiger partial charge in [-0.15, -0.1) is 0 Å². The van der Waals surface area contributed by atoms with E-state index in [0.29, 0.717) is 32.3 Å². The number of rotatable bonds is 4. The molecule has 3 fully saturated rings. The van der Waals surface area contributed by atoms with Crippen LogP contribution in [0, 0.1) is 0 Å². The van der Waals surface area contributed by atoms with Crippen molar-refractivity contribution in [2.75, 3.05) is 65.5 Å². The molecular weight excluding hydrogens is 292 g/mol. The molecule has 3 rings (SSSR count). The van der Waals surface area contributed by atoms with Crippen molar-refractivity contribution in [3.63, 3.8) is 0 Å². The number of nitrogens with zero attached hydrogens (tertiary/aromatic N) is 3. The third-order valence-corrected chi connectivity index (χ3v) is 6.58. The SMILES string of the molecule is O=S(=O)(N1CCNCC1)N1CCN(CC2CCCO2)CC1. The van der Waals surface area contributed by atoms with Gasteiger partial charge in [0.2, 0.25) is 0 Å². The predicted molar refractivity (Wildman–Crippen MR) is 80.3 cm³/mol. The summed E-state index contributed by atoms with van der Waals surface area (Å²) in [5, 5.41) is 3.19. The lowest BCUT2D eigenvalue weighted by Gasteiger charge is -2.38. The van der Waals surface area contributed by atoms with Crippen molar-refractivity contribution in [2.45, 2.75) is 18.9 Å². The molecule has 1 atom stereocenters. The van der Waals surface area contributed by atoms with Crippen molar-refractivity contribution >= 4 is 10.2 Å². The second kappa shape index (κ2) is 6.89. The van der Waals surface area contributed by atoms with Gasteiger partial charge in [0.15, 0.2) is 0 Å². The molecule has 7 nitrogen and oxygen atoms in total. The molecule has 0 aromatic heterocycles. The minimum absolute atomic E-state index is 0.348. The second-order valence-corrected chi connectivity index (χ2v) is 7.92. The first-order valence-electron chi connectivity index (χ1n) is 7.96. The van der Waals surface area contributed by atoms with Crippen LogP contribution in [0.1, 0.15) is 12.8 Å². The zero-order valence-electron chi connectivity index (χ0n) is 12.5. The van der Waals surface area contributed by atoms with Crippen molar-refractivity contribution in [3.05, 3.63) is 0 Å². The summed E-state index contributed by atoms with van der Waals surface area (Å²) in [7, 11) is -3.27. The van der Waals surface area contributed by atoms with Crippen LogP contribution in [-0.4, -0.2) is 93.5 Å². The maximum Gasteiger partial charge on any atom is 0.282 e. The van der Waals surface area contributed by atoms with E-state index in [9.17, 15) is 8.42 Å². The smallest absolute Gasteiger partial charge is 0.282 e. The Hall–Kier alpha value is -0.250. The number of nitrogens with one attached hydrogen (secondary N) is 1. The highest BCUT2D eigenvalue weighted by Gasteiger charge is 2.33. The molecule has 122 valence electrons. The number of hydrogen-bond acceptors (Lipinski definition) is 5. The molecule has 0 saturated carbocycles. The van der Waals surface area contributed by atoms with E-state index in [1.807, 2.05) is 0 Å². The summed E-state index contributed by atoms with van der Waals surface area (Å²) in [4.78, 5) is 2.33. The second-order valence-electron chi connectivity index (χ2n) is 5.99. The topological polar surface area (TPSA) is 65.1 Å². The summed E-state index contributed by atoms with van der Waals surface area (Å²) in [5.41, 5.74) is 0. The third kappa shape index (κ3) is 3.75. The molecule has 0 radical (unpaired) electrons. The van der Waals surface area contributed by atoms with Crippen LogP contribution in [0.15, 0.2) is 0 Å². The van der Waals surface area contributed by atoms with Crippen molar-refractivity contribution in [3.8, 4) is 0 Å².